The van der Waals surface area contributed by atoms with Gasteiger partial charge in [-0.15, -0.1) is 0 Å². The van der Waals surface area contributed by atoms with E-state index in [9.17, 15) is 9.59 Å². The molecule has 1 aliphatic rings. The van der Waals surface area contributed by atoms with E-state index in [2.05, 4.69) is 17.6 Å². The van der Waals surface area contributed by atoms with E-state index in [0.717, 1.165) is 57.3 Å². The van der Waals surface area contributed by atoms with Crippen molar-refractivity contribution < 1.29 is 9.59 Å². The number of amides is 1. The second-order valence-electron chi connectivity index (χ2n) is 4.64. The fourth-order valence-corrected chi connectivity index (χ4v) is 2.54. The van der Waals surface area contributed by atoms with Crippen molar-refractivity contribution in [1.82, 2.24) is 15.5 Å². The third-order valence-electron chi connectivity index (χ3n) is 2.70. The molecule has 2 N–H and O–H groups in total. The zero-order chi connectivity index (χ0) is 17.1. The SMILES string of the molecule is CCCCC=O.CNCCCCNC.O=CN1CCSC1=S. The molecule has 0 aromatic rings. The molecule has 0 aromatic heterocycles. The molecule has 0 aliphatic carbocycles. The second-order valence-corrected chi connectivity index (χ2v) is 6.37. The van der Waals surface area contributed by atoms with Crippen molar-refractivity contribution >= 4 is 41.0 Å². The number of carbonyl (C=O) groups excluding carboxylic acids is 2. The van der Waals surface area contributed by atoms with Crippen LogP contribution in [-0.2, 0) is 9.59 Å². The Bertz CT molecular complexity index is 274. The molecule has 1 saturated heterocycles. The molecule has 1 heterocycles. The Balaban J connectivity index is 0. The summed E-state index contributed by atoms with van der Waals surface area (Å²) in [4.78, 5) is 21.1. The standard InChI is InChI=1S/C6H16N2.C5H10O.C4H5NOS2/c1-7-5-3-4-6-8-2;1-2-3-4-5-6;6-3-5-1-2-8-4(5)7/h7-8H,3-6H2,1-2H3;5H,2-4H2,1H3;3H,1-2H2. The molecule has 0 saturated carbocycles. The van der Waals surface area contributed by atoms with E-state index in [1.807, 2.05) is 14.1 Å². The Hall–Kier alpha value is -0.500. The lowest BCUT2D eigenvalue weighted by atomic mass is 10.3. The van der Waals surface area contributed by atoms with Gasteiger partial charge in [0.2, 0.25) is 6.41 Å². The van der Waals surface area contributed by atoms with Crippen LogP contribution in [0, 0.1) is 0 Å². The van der Waals surface area contributed by atoms with E-state index < -0.39 is 0 Å². The Kier molecular flexibility index (Phi) is 22.1. The van der Waals surface area contributed by atoms with Crippen LogP contribution in [0.4, 0.5) is 0 Å². The molecule has 0 spiro atoms. The van der Waals surface area contributed by atoms with E-state index in [4.69, 9.17) is 12.2 Å². The average molecular weight is 350 g/mol. The van der Waals surface area contributed by atoms with E-state index in [1.165, 1.54) is 12.8 Å². The normalized spacial score (nSPS) is 12.9. The van der Waals surface area contributed by atoms with Crippen molar-refractivity contribution in [3.05, 3.63) is 0 Å². The summed E-state index contributed by atoms with van der Waals surface area (Å²) >= 11 is 6.35. The van der Waals surface area contributed by atoms with Gasteiger partial charge in [-0.1, -0.05) is 37.3 Å². The predicted octanol–water partition coefficient (Wildman–Crippen LogP) is 2.06. The molecule has 0 radical (unpaired) electrons. The first-order chi connectivity index (χ1) is 10.7. The Morgan fingerprint density at radius 3 is 2.00 bits per heavy atom. The molecule has 130 valence electrons. The molecule has 0 bridgehead atoms. The minimum absolute atomic E-state index is 0.708. The summed E-state index contributed by atoms with van der Waals surface area (Å²) in [6.07, 6.45) is 7.19. The quantitative estimate of drug-likeness (QED) is 0.377. The van der Waals surface area contributed by atoms with Crippen molar-refractivity contribution in [2.45, 2.75) is 39.0 Å². The molecule has 0 unspecified atom stereocenters. The van der Waals surface area contributed by atoms with Gasteiger partial charge < -0.3 is 15.4 Å². The zero-order valence-electron chi connectivity index (χ0n) is 14.1. The number of nitrogens with zero attached hydrogens (tertiary/aromatic N) is 1. The fourth-order valence-electron chi connectivity index (χ4n) is 1.39. The van der Waals surface area contributed by atoms with Gasteiger partial charge in [-0.25, -0.2) is 0 Å². The van der Waals surface area contributed by atoms with Crippen LogP contribution in [0.25, 0.3) is 0 Å². The number of aldehydes is 1. The topological polar surface area (TPSA) is 61.4 Å². The van der Waals surface area contributed by atoms with E-state index in [1.54, 1.807) is 16.7 Å². The lowest BCUT2D eigenvalue weighted by Crippen LogP contribution is -2.20. The predicted molar refractivity (Wildman–Crippen MR) is 101 cm³/mol. The molecular weight excluding hydrogens is 318 g/mol. The molecule has 0 aromatic carbocycles. The van der Waals surface area contributed by atoms with Crippen molar-refractivity contribution in [1.29, 1.82) is 0 Å². The van der Waals surface area contributed by atoms with Crippen LogP contribution in [0.1, 0.15) is 39.0 Å². The van der Waals surface area contributed by atoms with Crippen LogP contribution in [0.2, 0.25) is 0 Å². The Morgan fingerprint density at radius 1 is 1.18 bits per heavy atom. The summed E-state index contributed by atoms with van der Waals surface area (Å²) < 4.78 is 0.708. The monoisotopic (exact) mass is 349 g/mol. The van der Waals surface area contributed by atoms with Crippen molar-refractivity contribution in [2.24, 2.45) is 0 Å². The molecule has 22 heavy (non-hydrogen) atoms. The van der Waals surface area contributed by atoms with E-state index >= 15 is 0 Å². The highest BCUT2D eigenvalue weighted by atomic mass is 32.2. The fraction of sp³-hybridized carbons (Fsp3) is 0.800. The van der Waals surface area contributed by atoms with Gasteiger partial charge in [0, 0.05) is 18.7 Å². The lowest BCUT2D eigenvalue weighted by Gasteiger charge is -2.03. The number of hydrogen-bond acceptors (Lipinski definition) is 6. The summed E-state index contributed by atoms with van der Waals surface area (Å²) in [5, 5.41) is 6.20. The number of nitrogens with one attached hydrogen (secondary N) is 2. The zero-order valence-corrected chi connectivity index (χ0v) is 15.7. The van der Waals surface area contributed by atoms with E-state index in [-0.39, 0.29) is 0 Å². The van der Waals surface area contributed by atoms with Gasteiger partial charge in [-0.05, 0) is 46.4 Å². The first-order valence-electron chi connectivity index (χ1n) is 7.79. The number of carbonyl (C=O) groups is 2. The minimum Gasteiger partial charge on any atom is -0.320 e. The molecule has 5 nitrogen and oxygen atoms in total. The van der Waals surface area contributed by atoms with E-state index in [0.29, 0.717) is 4.32 Å². The van der Waals surface area contributed by atoms with Gasteiger partial charge in [0.25, 0.3) is 0 Å². The molecule has 0 atom stereocenters. The number of rotatable bonds is 9. The lowest BCUT2D eigenvalue weighted by molar-refractivity contribution is -0.114. The number of thiocarbonyl (C=S) groups is 1. The van der Waals surface area contributed by atoms with Crippen LogP contribution in [-0.4, -0.2) is 61.4 Å². The largest absolute Gasteiger partial charge is 0.320 e. The first kappa shape index (κ1) is 23.8. The van der Waals surface area contributed by atoms with Gasteiger partial charge >= 0.3 is 0 Å². The van der Waals surface area contributed by atoms with Gasteiger partial charge in [-0.3, -0.25) is 9.69 Å². The minimum atomic E-state index is 0.708. The number of thioether (sulfide) groups is 1. The Morgan fingerprint density at radius 2 is 1.77 bits per heavy atom. The van der Waals surface area contributed by atoms with Gasteiger partial charge in [-0.2, -0.15) is 0 Å². The molecule has 7 heteroatoms. The second kappa shape index (κ2) is 20.5. The van der Waals surface area contributed by atoms with Crippen LogP contribution in [0.5, 0.6) is 0 Å². The number of unbranched alkanes of at least 4 members (excludes halogenated alkanes) is 3. The van der Waals surface area contributed by atoms with Crippen LogP contribution < -0.4 is 10.6 Å². The molecule has 1 fully saturated rings. The Labute approximate surface area is 145 Å². The van der Waals surface area contributed by atoms with Crippen molar-refractivity contribution in [3.63, 3.8) is 0 Å². The third-order valence-corrected chi connectivity index (χ3v) is 4.15. The summed E-state index contributed by atoms with van der Waals surface area (Å²) in [5.74, 6) is 0.956. The summed E-state index contributed by atoms with van der Waals surface area (Å²) in [6, 6.07) is 0. The first-order valence-corrected chi connectivity index (χ1v) is 9.18. The van der Waals surface area contributed by atoms with Crippen LogP contribution in [0.3, 0.4) is 0 Å². The van der Waals surface area contributed by atoms with Crippen LogP contribution >= 0.6 is 24.0 Å². The molecular formula is C15H31N3O2S2. The third kappa shape index (κ3) is 17.6. The van der Waals surface area contributed by atoms with Crippen molar-refractivity contribution in [2.75, 3.05) is 39.5 Å². The molecule has 1 rings (SSSR count). The smallest absolute Gasteiger partial charge is 0.215 e. The van der Waals surface area contributed by atoms with Gasteiger partial charge in [0.15, 0.2) is 0 Å². The highest BCUT2D eigenvalue weighted by Crippen LogP contribution is 2.14. The van der Waals surface area contributed by atoms with Crippen LogP contribution in [0.15, 0.2) is 0 Å². The van der Waals surface area contributed by atoms with Gasteiger partial charge in [0.05, 0.1) is 0 Å². The number of hydrogen-bond donors (Lipinski definition) is 2. The van der Waals surface area contributed by atoms with Crippen molar-refractivity contribution in [3.8, 4) is 0 Å². The molecule has 1 amide bonds. The maximum atomic E-state index is 10.0. The molecule has 1 aliphatic heterocycles. The summed E-state index contributed by atoms with van der Waals surface area (Å²) in [7, 11) is 3.97. The maximum Gasteiger partial charge on any atom is 0.215 e. The maximum absolute atomic E-state index is 10.0. The summed E-state index contributed by atoms with van der Waals surface area (Å²) in [5.41, 5.74) is 0. The average Bonchev–Trinajstić information content (AvgIpc) is 2.96. The highest BCUT2D eigenvalue weighted by Gasteiger charge is 2.15. The van der Waals surface area contributed by atoms with Gasteiger partial charge in [0.1, 0.15) is 10.6 Å². The highest BCUT2D eigenvalue weighted by molar-refractivity contribution is 8.23. The summed E-state index contributed by atoms with van der Waals surface area (Å²) in [6.45, 7) is 5.14.